The van der Waals surface area contributed by atoms with E-state index in [1.54, 1.807) is 36.2 Å². The number of anilines is 2. The highest BCUT2D eigenvalue weighted by atomic mass is 35.5. The molecule has 0 aromatic heterocycles. The molecule has 0 aliphatic carbocycles. The molecule has 0 fully saturated rings. The van der Waals surface area contributed by atoms with E-state index in [1.807, 2.05) is 6.07 Å². The fraction of sp³-hybridized carbons (Fsp3) is 0.143. The maximum absolute atomic E-state index is 13.2. The molecule has 2 rings (SSSR count). The first kappa shape index (κ1) is 12.9. The van der Waals surface area contributed by atoms with Gasteiger partial charge in [0.1, 0.15) is 5.82 Å². The Hall–Kier alpha value is -1.58. The van der Waals surface area contributed by atoms with Crippen molar-refractivity contribution in [3.63, 3.8) is 0 Å². The Bertz CT molecular complexity index is 559. The molecule has 18 heavy (non-hydrogen) atoms. The molecule has 0 amide bonds. The molecule has 1 N–H and O–H groups in total. The van der Waals surface area contributed by atoms with Crippen molar-refractivity contribution in [1.29, 1.82) is 0 Å². The molecule has 0 atom stereocenters. The first-order chi connectivity index (χ1) is 8.63. The normalized spacial score (nSPS) is 10.4. The maximum Gasteiger partial charge on any atom is 0.125 e. The molecule has 0 aliphatic rings. The van der Waals surface area contributed by atoms with Crippen LogP contribution >= 0.6 is 11.6 Å². The van der Waals surface area contributed by atoms with E-state index in [0.29, 0.717) is 16.3 Å². The number of aliphatic hydroxyl groups is 1. The summed E-state index contributed by atoms with van der Waals surface area (Å²) in [6.07, 6.45) is 0. The first-order valence-electron chi connectivity index (χ1n) is 5.51. The lowest BCUT2D eigenvalue weighted by molar-refractivity contribution is 0.282. The fourth-order valence-electron chi connectivity index (χ4n) is 1.84. The van der Waals surface area contributed by atoms with E-state index < -0.39 is 0 Å². The summed E-state index contributed by atoms with van der Waals surface area (Å²) in [5, 5.41) is 9.86. The Morgan fingerprint density at radius 1 is 1.22 bits per heavy atom. The smallest absolute Gasteiger partial charge is 0.125 e. The second-order valence-corrected chi connectivity index (χ2v) is 4.34. The van der Waals surface area contributed by atoms with E-state index in [4.69, 9.17) is 11.6 Å². The zero-order chi connectivity index (χ0) is 13.1. The summed E-state index contributed by atoms with van der Waals surface area (Å²) in [4.78, 5) is 1.79. The minimum absolute atomic E-state index is 0.158. The minimum Gasteiger partial charge on any atom is -0.392 e. The predicted octanol–water partition coefficient (Wildman–Crippen LogP) is 3.74. The van der Waals surface area contributed by atoms with Crippen molar-refractivity contribution in [1.82, 2.24) is 0 Å². The number of halogens is 2. The van der Waals surface area contributed by atoms with Crippen molar-refractivity contribution in [3.05, 3.63) is 58.9 Å². The molecule has 0 saturated heterocycles. The number of benzene rings is 2. The van der Waals surface area contributed by atoms with Crippen LogP contribution in [0.2, 0.25) is 5.02 Å². The van der Waals surface area contributed by atoms with Gasteiger partial charge in [-0.3, -0.25) is 0 Å². The van der Waals surface area contributed by atoms with E-state index in [2.05, 4.69) is 0 Å². The van der Waals surface area contributed by atoms with Gasteiger partial charge in [0.25, 0.3) is 0 Å². The first-order valence-corrected chi connectivity index (χ1v) is 5.89. The molecule has 0 saturated carbocycles. The van der Waals surface area contributed by atoms with Gasteiger partial charge in [0, 0.05) is 29.0 Å². The molecular formula is C14H13ClFNO. The van der Waals surface area contributed by atoms with Crippen molar-refractivity contribution in [2.24, 2.45) is 0 Å². The van der Waals surface area contributed by atoms with Crippen molar-refractivity contribution < 1.29 is 9.50 Å². The van der Waals surface area contributed by atoms with E-state index >= 15 is 0 Å². The van der Waals surface area contributed by atoms with Crippen LogP contribution in [0.3, 0.4) is 0 Å². The third-order valence-electron chi connectivity index (χ3n) is 2.81. The van der Waals surface area contributed by atoms with E-state index in [9.17, 15) is 9.50 Å². The third kappa shape index (κ3) is 2.47. The van der Waals surface area contributed by atoms with Gasteiger partial charge in [-0.15, -0.1) is 0 Å². The van der Waals surface area contributed by atoms with Crippen molar-refractivity contribution in [2.75, 3.05) is 11.9 Å². The Morgan fingerprint density at radius 3 is 2.61 bits per heavy atom. The van der Waals surface area contributed by atoms with Gasteiger partial charge in [0.05, 0.1) is 6.61 Å². The topological polar surface area (TPSA) is 23.5 Å². The van der Waals surface area contributed by atoms with E-state index in [1.165, 1.54) is 12.1 Å². The lowest BCUT2D eigenvalue weighted by atomic mass is 10.1. The largest absolute Gasteiger partial charge is 0.392 e. The Labute approximate surface area is 110 Å². The van der Waals surface area contributed by atoms with Crippen LogP contribution in [0.25, 0.3) is 0 Å². The molecule has 2 aromatic rings. The third-order valence-corrected chi connectivity index (χ3v) is 3.16. The summed E-state index contributed by atoms with van der Waals surface area (Å²) in [5.41, 5.74) is 2.09. The van der Waals surface area contributed by atoms with Crippen LogP contribution in [0.4, 0.5) is 15.8 Å². The highest BCUT2D eigenvalue weighted by molar-refractivity contribution is 6.31. The van der Waals surface area contributed by atoms with Crippen molar-refractivity contribution in [3.8, 4) is 0 Å². The van der Waals surface area contributed by atoms with Crippen LogP contribution in [0.5, 0.6) is 0 Å². The molecule has 2 aromatic carbocycles. The lowest BCUT2D eigenvalue weighted by Crippen LogP contribution is -2.12. The van der Waals surface area contributed by atoms with Gasteiger partial charge in [-0.1, -0.05) is 23.7 Å². The van der Waals surface area contributed by atoms with Gasteiger partial charge >= 0.3 is 0 Å². The Morgan fingerprint density at radius 2 is 1.94 bits per heavy atom. The van der Waals surface area contributed by atoms with Crippen LogP contribution in [0.15, 0.2) is 42.5 Å². The predicted molar refractivity (Wildman–Crippen MR) is 71.8 cm³/mol. The molecule has 94 valence electrons. The SMILES string of the molecule is CN(c1cccc(F)c1)c1cccc(Cl)c1CO. The summed E-state index contributed by atoms with van der Waals surface area (Å²) >= 11 is 6.03. The number of hydrogen-bond donors (Lipinski definition) is 1. The summed E-state index contributed by atoms with van der Waals surface area (Å²) in [7, 11) is 1.81. The standard InChI is InChI=1S/C14H13ClFNO/c1-17(11-5-2-4-10(16)8-11)14-7-3-6-13(15)12(14)9-18/h2-8,18H,9H2,1H3. The minimum atomic E-state index is -0.299. The van der Waals surface area contributed by atoms with E-state index in [-0.39, 0.29) is 12.4 Å². The molecule has 0 heterocycles. The summed E-state index contributed by atoms with van der Waals surface area (Å²) in [6.45, 7) is -0.158. The molecular weight excluding hydrogens is 253 g/mol. The highest BCUT2D eigenvalue weighted by Crippen LogP contribution is 2.31. The van der Waals surface area contributed by atoms with Gasteiger partial charge in [-0.25, -0.2) is 4.39 Å². The molecule has 4 heteroatoms. The Balaban J connectivity index is 2.46. The number of rotatable bonds is 3. The fourth-order valence-corrected chi connectivity index (χ4v) is 2.07. The lowest BCUT2D eigenvalue weighted by Gasteiger charge is -2.22. The summed E-state index contributed by atoms with van der Waals surface area (Å²) in [5.74, 6) is -0.299. The Kier molecular flexibility index (Phi) is 3.84. The van der Waals surface area contributed by atoms with E-state index in [0.717, 1.165) is 5.69 Å². The van der Waals surface area contributed by atoms with Crippen molar-refractivity contribution >= 4 is 23.0 Å². The summed E-state index contributed by atoms with van der Waals surface area (Å²) in [6, 6.07) is 11.6. The van der Waals surface area contributed by atoms with Gasteiger partial charge in [-0.2, -0.15) is 0 Å². The second-order valence-electron chi connectivity index (χ2n) is 3.93. The monoisotopic (exact) mass is 265 g/mol. The number of hydrogen-bond acceptors (Lipinski definition) is 2. The van der Waals surface area contributed by atoms with Crippen molar-refractivity contribution in [2.45, 2.75) is 6.61 Å². The molecule has 0 radical (unpaired) electrons. The second kappa shape index (κ2) is 5.38. The van der Waals surface area contributed by atoms with Gasteiger partial charge < -0.3 is 10.0 Å². The van der Waals surface area contributed by atoms with Crippen LogP contribution in [-0.2, 0) is 6.61 Å². The average molecular weight is 266 g/mol. The van der Waals surface area contributed by atoms with Gasteiger partial charge in [0.2, 0.25) is 0 Å². The number of nitrogens with zero attached hydrogens (tertiary/aromatic N) is 1. The molecule has 2 nitrogen and oxygen atoms in total. The maximum atomic E-state index is 13.2. The zero-order valence-electron chi connectivity index (χ0n) is 9.90. The summed E-state index contributed by atoms with van der Waals surface area (Å²) < 4.78 is 13.2. The van der Waals surface area contributed by atoms with Crippen LogP contribution in [-0.4, -0.2) is 12.2 Å². The van der Waals surface area contributed by atoms with Crippen LogP contribution in [0, 0.1) is 5.82 Å². The van der Waals surface area contributed by atoms with Gasteiger partial charge in [-0.05, 0) is 30.3 Å². The van der Waals surface area contributed by atoms with Gasteiger partial charge in [0.15, 0.2) is 0 Å². The molecule has 0 aliphatic heterocycles. The van der Waals surface area contributed by atoms with Crippen LogP contribution in [0.1, 0.15) is 5.56 Å². The molecule has 0 unspecified atom stereocenters. The molecule has 0 spiro atoms. The molecule has 0 bridgehead atoms. The average Bonchev–Trinajstić information content (AvgIpc) is 2.37. The zero-order valence-corrected chi connectivity index (χ0v) is 10.7. The van der Waals surface area contributed by atoms with Crippen LogP contribution < -0.4 is 4.90 Å². The number of aliphatic hydroxyl groups excluding tert-OH is 1. The highest BCUT2D eigenvalue weighted by Gasteiger charge is 2.11. The quantitative estimate of drug-likeness (QED) is 0.914.